The molecule has 0 spiro atoms. The van der Waals surface area contributed by atoms with Crippen LogP contribution in [0.4, 0.5) is 17.6 Å². The first-order valence-electron chi connectivity index (χ1n) is 10.2. The van der Waals surface area contributed by atoms with E-state index in [0.717, 1.165) is 42.5 Å². The summed E-state index contributed by atoms with van der Waals surface area (Å²) in [6, 6.07) is 14.3. The standard InChI is InChI=1S/C23H28N6/c1-16-7-5-9-19(17(16)2)20-13-21(28-23(24)27-20)26-14-18-8-6-12-29(15-18)22-10-3-4-11-25-22/h3-5,7,9-11,13,18H,6,8,12,14-15H2,1-2H3,(H3,24,26,27,28). The average molecular weight is 389 g/mol. The van der Waals surface area contributed by atoms with Crippen molar-refractivity contribution in [2.75, 3.05) is 35.6 Å². The number of hydrogen-bond donors (Lipinski definition) is 2. The minimum absolute atomic E-state index is 0.296. The Kier molecular flexibility index (Phi) is 5.60. The van der Waals surface area contributed by atoms with Crippen LogP contribution in [0.1, 0.15) is 24.0 Å². The lowest BCUT2D eigenvalue weighted by molar-refractivity contribution is 0.430. The number of nitrogens with one attached hydrogen (secondary N) is 1. The van der Waals surface area contributed by atoms with Gasteiger partial charge < -0.3 is 16.0 Å². The molecular formula is C23H28N6. The third-order valence-corrected chi connectivity index (χ3v) is 5.69. The van der Waals surface area contributed by atoms with E-state index in [-0.39, 0.29) is 0 Å². The SMILES string of the molecule is Cc1cccc(-c2cc(NCC3CCCN(c4ccccn4)C3)nc(N)n2)c1C. The van der Waals surface area contributed by atoms with Gasteiger partial charge in [-0.25, -0.2) is 9.97 Å². The summed E-state index contributed by atoms with van der Waals surface area (Å²) in [7, 11) is 0. The lowest BCUT2D eigenvalue weighted by Gasteiger charge is -2.33. The summed E-state index contributed by atoms with van der Waals surface area (Å²) in [6.07, 6.45) is 4.22. The number of aryl methyl sites for hydroxylation is 1. The Morgan fingerprint density at radius 1 is 1.14 bits per heavy atom. The second-order valence-corrected chi connectivity index (χ2v) is 7.77. The van der Waals surface area contributed by atoms with Gasteiger partial charge in [0.05, 0.1) is 5.69 Å². The number of piperidine rings is 1. The van der Waals surface area contributed by atoms with Crippen LogP contribution in [0.5, 0.6) is 0 Å². The molecule has 0 bridgehead atoms. The van der Waals surface area contributed by atoms with Crippen molar-refractivity contribution in [3.8, 4) is 11.3 Å². The number of benzene rings is 1. The summed E-state index contributed by atoms with van der Waals surface area (Å²) < 4.78 is 0. The molecule has 2 aromatic heterocycles. The molecule has 3 N–H and O–H groups in total. The Labute approximate surface area is 172 Å². The molecule has 1 aliphatic heterocycles. The fourth-order valence-electron chi connectivity index (χ4n) is 3.95. The van der Waals surface area contributed by atoms with Crippen molar-refractivity contribution < 1.29 is 0 Å². The van der Waals surface area contributed by atoms with Crippen LogP contribution >= 0.6 is 0 Å². The van der Waals surface area contributed by atoms with Gasteiger partial charge in [0.25, 0.3) is 0 Å². The van der Waals surface area contributed by atoms with Gasteiger partial charge in [0.15, 0.2) is 0 Å². The van der Waals surface area contributed by atoms with Crippen molar-refractivity contribution in [3.05, 3.63) is 59.8 Å². The van der Waals surface area contributed by atoms with Gasteiger partial charge in [-0.15, -0.1) is 0 Å². The predicted octanol–water partition coefficient (Wildman–Crippen LogP) is 4.07. The molecule has 0 amide bonds. The Hall–Kier alpha value is -3.15. The first-order valence-corrected chi connectivity index (χ1v) is 10.2. The fourth-order valence-corrected chi connectivity index (χ4v) is 3.95. The zero-order valence-corrected chi connectivity index (χ0v) is 17.1. The number of anilines is 3. The number of nitrogens with two attached hydrogens (primary N) is 1. The largest absolute Gasteiger partial charge is 0.370 e. The van der Waals surface area contributed by atoms with Gasteiger partial charge in [-0.2, -0.15) is 4.98 Å². The normalized spacial score (nSPS) is 16.6. The molecule has 0 aliphatic carbocycles. The second kappa shape index (κ2) is 8.47. The molecule has 3 aromatic rings. The Morgan fingerprint density at radius 2 is 2.03 bits per heavy atom. The molecule has 1 aromatic carbocycles. The topological polar surface area (TPSA) is 80.0 Å². The van der Waals surface area contributed by atoms with Crippen LogP contribution in [-0.4, -0.2) is 34.6 Å². The third-order valence-electron chi connectivity index (χ3n) is 5.69. The third kappa shape index (κ3) is 4.47. The first kappa shape index (κ1) is 19.2. The van der Waals surface area contributed by atoms with Crippen LogP contribution in [0.15, 0.2) is 48.7 Å². The maximum Gasteiger partial charge on any atom is 0.222 e. The molecule has 29 heavy (non-hydrogen) atoms. The van der Waals surface area contributed by atoms with Gasteiger partial charge in [-0.05, 0) is 55.9 Å². The quantitative estimate of drug-likeness (QED) is 0.686. The van der Waals surface area contributed by atoms with Gasteiger partial charge in [0, 0.05) is 37.5 Å². The monoisotopic (exact) mass is 388 g/mol. The van der Waals surface area contributed by atoms with Gasteiger partial charge in [-0.1, -0.05) is 24.3 Å². The Bertz CT molecular complexity index is 972. The van der Waals surface area contributed by atoms with Crippen LogP contribution in [0.3, 0.4) is 0 Å². The predicted molar refractivity (Wildman–Crippen MR) is 119 cm³/mol. The summed E-state index contributed by atoms with van der Waals surface area (Å²) in [5.74, 6) is 2.67. The van der Waals surface area contributed by atoms with Gasteiger partial charge in [0.2, 0.25) is 5.95 Å². The van der Waals surface area contributed by atoms with Crippen molar-refractivity contribution in [1.82, 2.24) is 15.0 Å². The zero-order chi connectivity index (χ0) is 20.2. The van der Waals surface area contributed by atoms with Crippen molar-refractivity contribution in [2.45, 2.75) is 26.7 Å². The molecule has 4 rings (SSSR count). The molecule has 6 heteroatoms. The number of hydrogen-bond acceptors (Lipinski definition) is 6. The summed E-state index contributed by atoms with van der Waals surface area (Å²) in [4.78, 5) is 15.7. The van der Waals surface area contributed by atoms with E-state index in [2.05, 4.69) is 63.3 Å². The van der Waals surface area contributed by atoms with Gasteiger partial charge >= 0.3 is 0 Å². The highest BCUT2D eigenvalue weighted by molar-refractivity contribution is 5.68. The fraction of sp³-hybridized carbons (Fsp3) is 0.348. The average Bonchev–Trinajstić information content (AvgIpc) is 2.75. The summed E-state index contributed by atoms with van der Waals surface area (Å²) >= 11 is 0. The Balaban J connectivity index is 1.46. The van der Waals surface area contributed by atoms with Crippen molar-refractivity contribution in [2.24, 2.45) is 5.92 Å². The van der Waals surface area contributed by atoms with E-state index in [4.69, 9.17) is 5.73 Å². The molecule has 3 heterocycles. The smallest absolute Gasteiger partial charge is 0.222 e. The van der Waals surface area contributed by atoms with Crippen LogP contribution < -0.4 is 16.0 Å². The molecule has 0 radical (unpaired) electrons. The van der Waals surface area contributed by atoms with E-state index in [1.54, 1.807) is 0 Å². The molecule has 1 saturated heterocycles. The van der Waals surface area contributed by atoms with E-state index < -0.39 is 0 Å². The molecule has 1 atom stereocenters. The number of nitrogen functional groups attached to an aromatic ring is 1. The number of pyridine rings is 1. The summed E-state index contributed by atoms with van der Waals surface area (Å²) in [5.41, 5.74) is 10.4. The van der Waals surface area contributed by atoms with Crippen LogP contribution in [0.2, 0.25) is 0 Å². The number of rotatable bonds is 5. The molecule has 1 aliphatic rings. The van der Waals surface area contributed by atoms with E-state index >= 15 is 0 Å². The van der Waals surface area contributed by atoms with Crippen LogP contribution in [0.25, 0.3) is 11.3 Å². The first-order chi connectivity index (χ1) is 14.1. The lowest BCUT2D eigenvalue weighted by atomic mass is 9.98. The highest BCUT2D eigenvalue weighted by Gasteiger charge is 2.21. The van der Waals surface area contributed by atoms with Crippen molar-refractivity contribution >= 4 is 17.6 Å². The van der Waals surface area contributed by atoms with E-state index in [1.807, 2.05) is 24.4 Å². The van der Waals surface area contributed by atoms with Crippen molar-refractivity contribution in [1.29, 1.82) is 0 Å². The van der Waals surface area contributed by atoms with E-state index in [9.17, 15) is 0 Å². The maximum absolute atomic E-state index is 6.01. The van der Waals surface area contributed by atoms with Crippen LogP contribution in [0, 0.1) is 19.8 Å². The highest BCUT2D eigenvalue weighted by Crippen LogP contribution is 2.27. The number of nitrogens with zero attached hydrogens (tertiary/aromatic N) is 4. The molecule has 6 nitrogen and oxygen atoms in total. The van der Waals surface area contributed by atoms with Crippen LogP contribution in [-0.2, 0) is 0 Å². The Morgan fingerprint density at radius 3 is 2.86 bits per heavy atom. The van der Waals surface area contributed by atoms with E-state index in [1.165, 1.54) is 24.0 Å². The minimum atomic E-state index is 0.296. The van der Waals surface area contributed by atoms with E-state index in [0.29, 0.717) is 11.9 Å². The molecule has 0 saturated carbocycles. The van der Waals surface area contributed by atoms with Gasteiger partial charge in [-0.3, -0.25) is 0 Å². The lowest BCUT2D eigenvalue weighted by Crippen LogP contribution is -2.38. The maximum atomic E-state index is 6.01. The minimum Gasteiger partial charge on any atom is -0.370 e. The molecule has 150 valence electrons. The second-order valence-electron chi connectivity index (χ2n) is 7.77. The molecular weight excluding hydrogens is 360 g/mol. The van der Waals surface area contributed by atoms with Crippen molar-refractivity contribution in [3.63, 3.8) is 0 Å². The van der Waals surface area contributed by atoms with Gasteiger partial charge in [0.1, 0.15) is 11.6 Å². The molecule has 1 fully saturated rings. The summed E-state index contributed by atoms with van der Waals surface area (Å²) in [5, 5.41) is 3.49. The summed E-state index contributed by atoms with van der Waals surface area (Å²) in [6.45, 7) is 7.13. The zero-order valence-electron chi connectivity index (χ0n) is 17.1. The number of aromatic nitrogens is 3. The molecule has 1 unspecified atom stereocenters. The highest BCUT2D eigenvalue weighted by atomic mass is 15.2.